The number of hydrogen-bond donors (Lipinski definition) is 0. The number of halogens is 1. The zero-order valence-corrected chi connectivity index (χ0v) is 9.14. The Morgan fingerprint density at radius 1 is 1.50 bits per heavy atom. The molecule has 0 radical (unpaired) electrons. The van der Waals surface area contributed by atoms with E-state index in [1.54, 1.807) is 0 Å². The van der Waals surface area contributed by atoms with E-state index < -0.39 is 0 Å². The third kappa shape index (κ3) is 2.63. The lowest BCUT2D eigenvalue weighted by molar-refractivity contribution is 0.237. The highest BCUT2D eigenvalue weighted by Gasteiger charge is 2.26. The summed E-state index contributed by atoms with van der Waals surface area (Å²) >= 11 is 5.79. The molecule has 2 heteroatoms. The highest BCUT2D eigenvalue weighted by atomic mass is 35.5. The third-order valence-electron chi connectivity index (χ3n) is 2.72. The second-order valence-electron chi connectivity index (χ2n) is 4.40. The van der Waals surface area contributed by atoms with Crippen LogP contribution in [-0.2, 0) is 0 Å². The molecule has 0 aromatic carbocycles. The molecule has 1 nitrogen and oxygen atoms in total. The fourth-order valence-electron chi connectivity index (χ4n) is 2.09. The van der Waals surface area contributed by atoms with Gasteiger partial charge in [0.05, 0.1) is 0 Å². The van der Waals surface area contributed by atoms with Crippen LogP contribution in [0.1, 0.15) is 27.2 Å². The second-order valence-corrected chi connectivity index (χ2v) is 4.71. The standard InChI is InChI=1S/C10H20ClN/c1-8-4-10(3)12(6-8)7-9(2)5-11/h8-10H,4-7H2,1-3H3. The SMILES string of the molecule is CC(CCl)CN1CC(C)CC1C. The van der Waals surface area contributed by atoms with E-state index in [0.717, 1.165) is 17.8 Å². The van der Waals surface area contributed by atoms with Crippen molar-refractivity contribution in [1.82, 2.24) is 4.90 Å². The molecule has 0 bridgehead atoms. The van der Waals surface area contributed by atoms with Crippen molar-refractivity contribution < 1.29 is 0 Å². The van der Waals surface area contributed by atoms with E-state index >= 15 is 0 Å². The predicted molar refractivity (Wildman–Crippen MR) is 54.7 cm³/mol. The van der Waals surface area contributed by atoms with Crippen molar-refractivity contribution in [2.75, 3.05) is 19.0 Å². The van der Waals surface area contributed by atoms with Crippen molar-refractivity contribution in [2.45, 2.75) is 33.2 Å². The first-order chi connectivity index (χ1) is 5.63. The lowest BCUT2D eigenvalue weighted by Crippen LogP contribution is -2.32. The number of nitrogens with zero attached hydrogens (tertiary/aromatic N) is 1. The summed E-state index contributed by atoms with van der Waals surface area (Å²) in [5.41, 5.74) is 0. The molecule has 0 saturated carbocycles. The number of rotatable bonds is 3. The number of alkyl halides is 1. The Kier molecular flexibility index (Phi) is 3.85. The van der Waals surface area contributed by atoms with Crippen LogP contribution >= 0.6 is 11.6 Å². The van der Waals surface area contributed by atoms with Gasteiger partial charge in [0.25, 0.3) is 0 Å². The van der Waals surface area contributed by atoms with Crippen LogP contribution in [0.3, 0.4) is 0 Å². The molecule has 1 saturated heterocycles. The van der Waals surface area contributed by atoms with Crippen LogP contribution in [0.5, 0.6) is 0 Å². The quantitative estimate of drug-likeness (QED) is 0.617. The molecule has 72 valence electrons. The van der Waals surface area contributed by atoms with Crippen LogP contribution < -0.4 is 0 Å². The smallest absolute Gasteiger partial charge is 0.0261 e. The second kappa shape index (κ2) is 4.48. The summed E-state index contributed by atoms with van der Waals surface area (Å²) in [5, 5.41) is 0. The Bertz CT molecular complexity index is 138. The van der Waals surface area contributed by atoms with Crippen LogP contribution in [0.4, 0.5) is 0 Å². The lowest BCUT2D eigenvalue weighted by Gasteiger charge is -2.23. The van der Waals surface area contributed by atoms with Crippen molar-refractivity contribution in [1.29, 1.82) is 0 Å². The molecular formula is C10H20ClN. The maximum absolute atomic E-state index is 5.79. The van der Waals surface area contributed by atoms with Gasteiger partial charge in [-0.15, -0.1) is 11.6 Å². The van der Waals surface area contributed by atoms with Gasteiger partial charge in [-0.3, -0.25) is 0 Å². The zero-order valence-electron chi connectivity index (χ0n) is 8.39. The normalized spacial score (nSPS) is 34.0. The fourth-order valence-corrected chi connectivity index (χ4v) is 2.19. The first-order valence-corrected chi connectivity index (χ1v) is 5.47. The van der Waals surface area contributed by atoms with Crippen molar-refractivity contribution in [3.63, 3.8) is 0 Å². The van der Waals surface area contributed by atoms with E-state index in [0.29, 0.717) is 5.92 Å². The maximum Gasteiger partial charge on any atom is 0.0261 e. The van der Waals surface area contributed by atoms with E-state index in [-0.39, 0.29) is 0 Å². The third-order valence-corrected chi connectivity index (χ3v) is 3.25. The first kappa shape index (κ1) is 10.3. The summed E-state index contributed by atoms with van der Waals surface area (Å²) in [7, 11) is 0. The fraction of sp³-hybridized carbons (Fsp3) is 1.00. The summed E-state index contributed by atoms with van der Waals surface area (Å²) in [6.07, 6.45) is 1.36. The minimum Gasteiger partial charge on any atom is -0.300 e. The molecule has 0 aliphatic carbocycles. The molecule has 0 N–H and O–H groups in total. The van der Waals surface area contributed by atoms with Gasteiger partial charge in [-0.05, 0) is 25.2 Å². The lowest BCUT2D eigenvalue weighted by atomic mass is 10.1. The Morgan fingerprint density at radius 2 is 2.17 bits per heavy atom. The van der Waals surface area contributed by atoms with Gasteiger partial charge in [-0.25, -0.2) is 0 Å². The average molecular weight is 190 g/mol. The van der Waals surface area contributed by atoms with Gasteiger partial charge in [0.1, 0.15) is 0 Å². The van der Waals surface area contributed by atoms with Gasteiger partial charge in [0.15, 0.2) is 0 Å². The van der Waals surface area contributed by atoms with E-state index in [1.807, 2.05) is 0 Å². The van der Waals surface area contributed by atoms with Gasteiger partial charge in [0, 0.05) is 25.0 Å². The molecule has 0 aromatic rings. The van der Waals surface area contributed by atoms with Gasteiger partial charge >= 0.3 is 0 Å². The maximum atomic E-state index is 5.79. The van der Waals surface area contributed by atoms with Crippen molar-refractivity contribution in [2.24, 2.45) is 11.8 Å². The summed E-state index contributed by atoms with van der Waals surface area (Å²) in [5.74, 6) is 2.30. The van der Waals surface area contributed by atoms with Crippen molar-refractivity contribution in [3.8, 4) is 0 Å². The topological polar surface area (TPSA) is 3.24 Å². The molecule has 0 spiro atoms. The molecule has 1 aliphatic heterocycles. The van der Waals surface area contributed by atoms with Crippen molar-refractivity contribution in [3.05, 3.63) is 0 Å². The van der Waals surface area contributed by atoms with Crippen LogP contribution in [0.2, 0.25) is 0 Å². The van der Waals surface area contributed by atoms with E-state index in [4.69, 9.17) is 11.6 Å². The average Bonchev–Trinajstić information content (AvgIpc) is 2.30. The molecule has 1 aliphatic rings. The van der Waals surface area contributed by atoms with Gasteiger partial charge in [-0.1, -0.05) is 13.8 Å². The molecule has 1 heterocycles. The summed E-state index contributed by atoms with van der Waals surface area (Å²) in [6.45, 7) is 9.33. The largest absolute Gasteiger partial charge is 0.300 e. The molecule has 0 aromatic heterocycles. The zero-order chi connectivity index (χ0) is 9.14. The van der Waals surface area contributed by atoms with Crippen LogP contribution in [0.25, 0.3) is 0 Å². The molecule has 0 amide bonds. The molecular weight excluding hydrogens is 170 g/mol. The van der Waals surface area contributed by atoms with Crippen LogP contribution in [0, 0.1) is 11.8 Å². The Hall–Kier alpha value is 0.250. The first-order valence-electron chi connectivity index (χ1n) is 4.93. The molecule has 1 rings (SSSR count). The van der Waals surface area contributed by atoms with Crippen LogP contribution in [-0.4, -0.2) is 29.9 Å². The molecule has 3 atom stereocenters. The highest BCUT2D eigenvalue weighted by molar-refractivity contribution is 6.18. The van der Waals surface area contributed by atoms with Crippen molar-refractivity contribution >= 4 is 11.6 Å². The molecule has 12 heavy (non-hydrogen) atoms. The number of likely N-dealkylation sites (tertiary alicyclic amines) is 1. The Morgan fingerprint density at radius 3 is 2.58 bits per heavy atom. The highest BCUT2D eigenvalue weighted by Crippen LogP contribution is 2.23. The Balaban J connectivity index is 2.32. The van der Waals surface area contributed by atoms with Crippen LogP contribution in [0.15, 0.2) is 0 Å². The van der Waals surface area contributed by atoms with E-state index in [1.165, 1.54) is 19.5 Å². The molecule has 1 fully saturated rings. The monoisotopic (exact) mass is 189 g/mol. The van der Waals surface area contributed by atoms with E-state index in [2.05, 4.69) is 25.7 Å². The minimum atomic E-state index is 0.638. The van der Waals surface area contributed by atoms with Gasteiger partial charge < -0.3 is 4.90 Å². The molecule has 3 unspecified atom stereocenters. The summed E-state index contributed by atoms with van der Waals surface area (Å²) < 4.78 is 0. The summed E-state index contributed by atoms with van der Waals surface area (Å²) in [6, 6.07) is 0.769. The van der Waals surface area contributed by atoms with E-state index in [9.17, 15) is 0 Å². The predicted octanol–water partition coefficient (Wildman–Crippen LogP) is 2.59. The van der Waals surface area contributed by atoms with Gasteiger partial charge in [-0.2, -0.15) is 0 Å². The number of hydrogen-bond acceptors (Lipinski definition) is 1. The summed E-state index contributed by atoms with van der Waals surface area (Å²) in [4.78, 5) is 2.57. The van der Waals surface area contributed by atoms with Gasteiger partial charge in [0.2, 0.25) is 0 Å². The Labute approximate surface area is 81.1 Å². The minimum absolute atomic E-state index is 0.638.